The molecule has 1 aromatic carbocycles. The van der Waals surface area contributed by atoms with Crippen LogP contribution in [0, 0.1) is 0 Å². The van der Waals surface area contributed by atoms with Gasteiger partial charge in [-0.3, -0.25) is 4.79 Å². The zero-order valence-electron chi connectivity index (χ0n) is 7.76. The van der Waals surface area contributed by atoms with Crippen LogP contribution in [0.4, 0.5) is 0 Å². The van der Waals surface area contributed by atoms with E-state index >= 15 is 0 Å². The minimum absolute atomic E-state index is 0.0760. The van der Waals surface area contributed by atoms with Crippen molar-refractivity contribution in [3.8, 4) is 0 Å². The molecule has 4 heteroatoms. The maximum atomic E-state index is 11.5. The van der Waals surface area contributed by atoms with Crippen LogP contribution in [0.5, 0.6) is 0 Å². The molecule has 1 N–H and O–H groups in total. The molecule has 0 heterocycles. The number of carbonyl (C=O) groups is 1. The van der Waals surface area contributed by atoms with Crippen LogP contribution in [0.1, 0.15) is 17.3 Å². The summed E-state index contributed by atoms with van der Waals surface area (Å²) in [5, 5.41) is 3.42. The van der Waals surface area contributed by atoms with Crippen LogP contribution in [0.3, 0.4) is 0 Å². The van der Waals surface area contributed by atoms with Crippen LogP contribution in [0.25, 0.3) is 0 Å². The normalized spacial score (nSPS) is 12.2. The molecule has 0 bridgehead atoms. The largest absolute Gasteiger partial charge is 0.351 e. The molecule has 0 saturated carbocycles. The third kappa shape index (κ3) is 3.68. The number of rotatable bonds is 3. The number of benzene rings is 1. The number of carbonyl (C=O) groups excluding carboxylic acids is 1. The predicted molar refractivity (Wildman–Crippen MR) is 62.2 cm³/mol. The molecule has 0 aliphatic carbocycles. The molecular formula is C10H11BrClNO. The van der Waals surface area contributed by atoms with Crippen molar-refractivity contribution in [1.82, 2.24) is 5.32 Å². The van der Waals surface area contributed by atoms with Crippen LogP contribution in [0.2, 0.25) is 5.02 Å². The number of halogens is 2. The van der Waals surface area contributed by atoms with Crippen LogP contribution >= 0.6 is 27.5 Å². The highest BCUT2D eigenvalue weighted by atomic mass is 79.9. The smallest absolute Gasteiger partial charge is 0.251 e. The molecule has 0 aliphatic heterocycles. The number of alkyl halides is 1. The molecule has 0 aromatic heterocycles. The number of amides is 1. The van der Waals surface area contributed by atoms with Gasteiger partial charge in [-0.1, -0.05) is 34.5 Å². The molecule has 0 aliphatic rings. The molecule has 0 spiro atoms. The molecular weight excluding hydrogens is 265 g/mol. The van der Waals surface area contributed by atoms with Crippen LogP contribution < -0.4 is 5.32 Å². The Balaban J connectivity index is 2.57. The molecule has 76 valence electrons. The van der Waals surface area contributed by atoms with E-state index in [0.717, 1.165) is 0 Å². The molecule has 1 aromatic rings. The predicted octanol–water partition coefficient (Wildman–Crippen LogP) is 2.85. The fraction of sp³-hybridized carbons (Fsp3) is 0.300. The summed E-state index contributed by atoms with van der Waals surface area (Å²) in [5.41, 5.74) is 0.627. The third-order valence-electron chi connectivity index (χ3n) is 1.65. The lowest BCUT2D eigenvalue weighted by molar-refractivity contribution is 0.0954. The molecule has 1 rings (SSSR count). The summed E-state index contributed by atoms with van der Waals surface area (Å²) in [6.07, 6.45) is 0. The first-order valence-corrected chi connectivity index (χ1v) is 5.57. The Kier molecular flexibility index (Phi) is 4.42. The van der Waals surface area contributed by atoms with Crippen molar-refractivity contribution >= 4 is 33.4 Å². The highest BCUT2D eigenvalue weighted by molar-refractivity contribution is 9.09. The Bertz CT molecular complexity index is 310. The molecule has 14 heavy (non-hydrogen) atoms. The number of hydrogen-bond acceptors (Lipinski definition) is 1. The maximum Gasteiger partial charge on any atom is 0.251 e. The summed E-state index contributed by atoms with van der Waals surface area (Å²) in [5.74, 6) is -0.0760. The topological polar surface area (TPSA) is 29.1 Å². The van der Waals surface area contributed by atoms with Crippen molar-refractivity contribution in [3.63, 3.8) is 0 Å². The minimum Gasteiger partial charge on any atom is -0.351 e. The Morgan fingerprint density at radius 2 is 2.07 bits per heavy atom. The standard InChI is InChI=1S/C10H11BrClNO/c1-7(11)6-13-10(14)8-2-4-9(12)5-3-8/h2-5,7H,6H2,1H3,(H,13,14). The van der Waals surface area contributed by atoms with Gasteiger partial charge in [-0.2, -0.15) is 0 Å². The lowest BCUT2D eigenvalue weighted by Gasteiger charge is -2.06. The first kappa shape index (κ1) is 11.5. The Labute approximate surface area is 96.8 Å². The maximum absolute atomic E-state index is 11.5. The fourth-order valence-electron chi connectivity index (χ4n) is 0.937. The molecule has 1 atom stereocenters. The van der Waals surface area contributed by atoms with Gasteiger partial charge in [-0.25, -0.2) is 0 Å². The van der Waals surface area contributed by atoms with Gasteiger partial charge >= 0.3 is 0 Å². The zero-order chi connectivity index (χ0) is 10.6. The molecule has 2 nitrogen and oxygen atoms in total. The highest BCUT2D eigenvalue weighted by Gasteiger charge is 2.05. The van der Waals surface area contributed by atoms with Crippen molar-refractivity contribution in [1.29, 1.82) is 0 Å². The van der Waals surface area contributed by atoms with Crippen LogP contribution in [-0.4, -0.2) is 17.3 Å². The quantitative estimate of drug-likeness (QED) is 0.845. The number of hydrogen-bond donors (Lipinski definition) is 1. The SMILES string of the molecule is CC(Br)CNC(=O)c1ccc(Cl)cc1. The average molecular weight is 277 g/mol. The van der Waals surface area contributed by atoms with Gasteiger partial charge in [0.2, 0.25) is 0 Å². The van der Waals surface area contributed by atoms with E-state index in [0.29, 0.717) is 17.1 Å². The molecule has 0 saturated heterocycles. The van der Waals surface area contributed by atoms with Crippen LogP contribution in [0.15, 0.2) is 24.3 Å². The van der Waals surface area contributed by atoms with E-state index in [4.69, 9.17) is 11.6 Å². The van der Waals surface area contributed by atoms with Gasteiger partial charge in [0, 0.05) is 22.0 Å². The lowest BCUT2D eigenvalue weighted by Crippen LogP contribution is -2.28. The first-order valence-electron chi connectivity index (χ1n) is 4.27. The van der Waals surface area contributed by atoms with Crippen molar-refractivity contribution in [3.05, 3.63) is 34.9 Å². The minimum atomic E-state index is -0.0760. The van der Waals surface area contributed by atoms with Gasteiger partial charge in [0.15, 0.2) is 0 Å². The summed E-state index contributed by atoms with van der Waals surface area (Å²) in [6.45, 7) is 2.59. The summed E-state index contributed by atoms with van der Waals surface area (Å²) in [6, 6.07) is 6.81. The average Bonchev–Trinajstić information content (AvgIpc) is 2.15. The zero-order valence-corrected chi connectivity index (χ0v) is 10.1. The molecule has 1 amide bonds. The van der Waals surface area contributed by atoms with E-state index in [1.165, 1.54) is 0 Å². The molecule has 0 radical (unpaired) electrons. The van der Waals surface area contributed by atoms with E-state index in [2.05, 4.69) is 21.2 Å². The lowest BCUT2D eigenvalue weighted by atomic mass is 10.2. The van der Waals surface area contributed by atoms with Crippen molar-refractivity contribution in [2.45, 2.75) is 11.8 Å². The molecule has 1 unspecified atom stereocenters. The van der Waals surface area contributed by atoms with E-state index in [-0.39, 0.29) is 10.7 Å². The van der Waals surface area contributed by atoms with Gasteiger partial charge < -0.3 is 5.32 Å². The second-order valence-corrected chi connectivity index (χ2v) is 5.00. The number of nitrogens with one attached hydrogen (secondary N) is 1. The van der Waals surface area contributed by atoms with E-state index in [1.807, 2.05) is 6.92 Å². The second-order valence-electron chi connectivity index (χ2n) is 3.00. The third-order valence-corrected chi connectivity index (χ3v) is 2.23. The summed E-state index contributed by atoms with van der Waals surface area (Å²) >= 11 is 9.06. The van der Waals surface area contributed by atoms with Gasteiger partial charge in [0.25, 0.3) is 5.91 Å². The van der Waals surface area contributed by atoms with Gasteiger partial charge in [-0.15, -0.1) is 0 Å². The Hall–Kier alpha value is -0.540. The highest BCUT2D eigenvalue weighted by Crippen LogP contribution is 2.09. The van der Waals surface area contributed by atoms with Crippen molar-refractivity contribution in [2.24, 2.45) is 0 Å². The summed E-state index contributed by atoms with van der Waals surface area (Å²) in [7, 11) is 0. The van der Waals surface area contributed by atoms with E-state index in [1.54, 1.807) is 24.3 Å². The van der Waals surface area contributed by atoms with Crippen LogP contribution in [-0.2, 0) is 0 Å². The fourth-order valence-corrected chi connectivity index (χ4v) is 1.22. The van der Waals surface area contributed by atoms with E-state index in [9.17, 15) is 4.79 Å². The first-order chi connectivity index (χ1) is 6.59. The molecule has 0 fully saturated rings. The second kappa shape index (κ2) is 5.37. The van der Waals surface area contributed by atoms with Crippen molar-refractivity contribution < 1.29 is 4.79 Å². The monoisotopic (exact) mass is 275 g/mol. The van der Waals surface area contributed by atoms with Gasteiger partial charge in [0.1, 0.15) is 0 Å². The van der Waals surface area contributed by atoms with Gasteiger partial charge in [-0.05, 0) is 24.3 Å². The van der Waals surface area contributed by atoms with Gasteiger partial charge in [0.05, 0.1) is 0 Å². The van der Waals surface area contributed by atoms with Crippen molar-refractivity contribution in [2.75, 3.05) is 6.54 Å². The Morgan fingerprint density at radius 1 is 1.50 bits per heavy atom. The Morgan fingerprint density at radius 3 is 2.57 bits per heavy atom. The van der Waals surface area contributed by atoms with E-state index < -0.39 is 0 Å². The summed E-state index contributed by atoms with van der Waals surface area (Å²) < 4.78 is 0. The summed E-state index contributed by atoms with van der Waals surface area (Å²) in [4.78, 5) is 11.8.